The zero-order valence-electron chi connectivity index (χ0n) is 22.6. The Morgan fingerprint density at radius 3 is 2.49 bits per heavy atom. The molecule has 1 aliphatic heterocycles. The molecule has 1 aliphatic rings. The van der Waals surface area contributed by atoms with Crippen LogP contribution in [0.3, 0.4) is 0 Å². The molecule has 0 saturated carbocycles. The number of benzene rings is 2. The Morgan fingerprint density at radius 2 is 1.72 bits per heavy atom. The summed E-state index contributed by atoms with van der Waals surface area (Å²) in [5.74, 6) is 0.570. The number of nitrogens with one attached hydrogen (secondary N) is 1. The van der Waals surface area contributed by atoms with Crippen molar-refractivity contribution in [2.45, 2.75) is 51.4 Å². The molecule has 2 amide bonds. The molecule has 2 aromatic heterocycles. The van der Waals surface area contributed by atoms with E-state index in [0.717, 1.165) is 74.1 Å². The summed E-state index contributed by atoms with van der Waals surface area (Å²) in [6.07, 6.45) is 13.4. The van der Waals surface area contributed by atoms with Gasteiger partial charge in [-0.05, 0) is 68.4 Å². The molecule has 202 valence electrons. The van der Waals surface area contributed by atoms with Gasteiger partial charge < -0.3 is 4.90 Å². The number of aryl methyl sites for hydroxylation is 2. The van der Waals surface area contributed by atoms with Crippen molar-refractivity contribution >= 4 is 17.8 Å². The quantitative estimate of drug-likeness (QED) is 0.272. The first-order chi connectivity index (χ1) is 19.1. The lowest BCUT2D eigenvalue weighted by atomic mass is 10.1. The van der Waals surface area contributed by atoms with Gasteiger partial charge in [-0.3, -0.25) is 24.2 Å². The topological polar surface area (TPSA) is 85.0 Å². The number of hydrogen-bond acceptors (Lipinski definition) is 4. The second kappa shape index (κ2) is 12.6. The third-order valence-electron chi connectivity index (χ3n) is 7.21. The van der Waals surface area contributed by atoms with E-state index in [1.807, 2.05) is 77.4 Å². The van der Waals surface area contributed by atoms with E-state index in [-0.39, 0.29) is 5.91 Å². The van der Waals surface area contributed by atoms with Gasteiger partial charge in [-0.1, -0.05) is 36.8 Å². The van der Waals surface area contributed by atoms with Crippen molar-refractivity contribution in [3.8, 4) is 16.8 Å². The number of carbonyl (C=O) groups excluding carboxylic acids is 2. The van der Waals surface area contributed by atoms with Gasteiger partial charge in [0.05, 0.1) is 11.9 Å². The van der Waals surface area contributed by atoms with Crippen molar-refractivity contribution in [2.75, 3.05) is 18.4 Å². The highest BCUT2D eigenvalue weighted by atomic mass is 16.2. The first-order valence-corrected chi connectivity index (χ1v) is 13.9. The molecule has 0 radical (unpaired) electrons. The van der Waals surface area contributed by atoms with E-state index >= 15 is 0 Å². The molecule has 0 unspecified atom stereocenters. The van der Waals surface area contributed by atoms with E-state index in [0.29, 0.717) is 23.8 Å². The molecule has 0 bridgehead atoms. The van der Waals surface area contributed by atoms with Crippen LogP contribution in [0.1, 0.15) is 61.0 Å². The van der Waals surface area contributed by atoms with E-state index < -0.39 is 0 Å². The van der Waals surface area contributed by atoms with Crippen molar-refractivity contribution in [1.29, 1.82) is 0 Å². The molecule has 1 fully saturated rings. The van der Waals surface area contributed by atoms with E-state index in [1.54, 1.807) is 16.9 Å². The number of nitrogens with zero attached hydrogens (tertiary/aromatic N) is 5. The minimum Gasteiger partial charge on any atom is -0.343 e. The normalized spacial score (nSPS) is 13.4. The van der Waals surface area contributed by atoms with Crippen molar-refractivity contribution in [3.05, 3.63) is 84.4 Å². The molecule has 39 heavy (non-hydrogen) atoms. The van der Waals surface area contributed by atoms with Crippen LogP contribution in [0.4, 0.5) is 5.95 Å². The van der Waals surface area contributed by atoms with Gasteiger partial charge in [0.25, 0.3) is 5.91 Å². The smallest absolute Gasteiger partial charge is 0.258 e. The zero-order chi connectivity index (χ0) is 27.0. The standard InChI is InChI=1S/C31H36N6O2/c1-35-22-26(21-32-35)24-12-11-13-25(20-24)30(39)34-31-33-27(23-37(31)28-15-6-3-7-16-28)14-5-2-8-17-29(38)36-18-9-4-10-19-36/h3,6-7,11-13,15-16,20-23H,2,4-5,8-10,14,17-19H2,1H3,(H,33,34,39). The molecule has 1 saturated heterocycles. The molecule has 1 N–H and O–H groups in total. The molecular formula is C31H36N6O2. The summed E-state index contributed by atoms with van der Waals surface area (Å²) in [5, 5.41) is 7.26. The molecule has 2 aromatic carbocycles. The lowest BCUT2D eigenvalue weighted by molar-refractivity contribution is -0.132. The van der Waals surface area contributed by atoms with Gasteiger partial charge in [0.1, 0.15) is 0 Å². The molecule has 0 atom stereocenters. The van der Waals surface area contributed by atoms with Crippen LogP contribution >= 0.6 is 0 Å². The molecule has 4 aromatic rings. The summed E-state index contributed by atoms with van der Waals surface area (Å²) in [6.45, 7) is 1.83. The van der Waals surface area contributed by atoms with Crippen LogP contribution in [-0.4, -0.2) is 49.1 Å². The Hall–Kier alpha value is -4.20. The highest BCUT2D eigenvalue weighted by Crippen LogP contribution is 2.22. The van der Waals surface area contributed by atoms with E-state index in [4.69, 9.17) is 4.98 Å². The Balaban J connectivity index is 1.23. The predicted molar refractivity (Wildman–Crippen MR) is 153 cm³/mol. The van der Waals surface area contributed by atoms with Crippen molar-refractivity contribution < 1.29 is 9.59 Å². The monoisotopic (exact) mass is 524 g/mol. The summed E-state index contributed by atoms with van der Waals surface area (Å²) in [7, 11) is 1.87. The molecule has 5 rings (SSSR count). The van der Waals surface area contributed by atoms with E-state index in [2.05, 4.69) is 10.4 Å². The number of piperidine rings is 1. The van der Waals surface area contributed by atoms with Crippen LogP contribution in [0.2, 0.25) is 0 Å². The summed E-state index contributed by atoms with van der Waals surface area (Å²) >= 11 is 0. The molecule has 3 heterocycles. The van der Waals surface area contributed by atoms with Gasteiger partial charge >= 0.3 is 0 Å². The van der Waals surface area contributed by atoms with Gasteiger partial charge in [0, 0.05) is 55.8 Å². The first-order valence-electron chi connectivity index (χ1n) is 13.9. The molecular weight excluding hydrogens is 488 g/mol. The minimum absolute atomic E-state index is 0.216. The lowest BCUT2D eigenvalue weighted by Crippen LogP contribution is -2.35. The van der Waals surface area contributed by atoms with Crippen molar-refractivity contribution in [3.63, 3.8) is 0 Å². The second-order valence-corrected chi connectivity index (χ2v) is 10.2. The number of rotatable bonds is 10. The van der Waals surface area contributed by atoms with Gasteiger partial charge in [-0.2, -0.15) is 5.10 Å². The number of anilines is 1. The molecule has 0 spiro atoms. The second-order valence-electron chi connectivity index (χ2n) is 10.2. The average Bonchev–Trinajstić information content (AvgIpc) is 3.59. The van der Waals surface area contributed by atoms with Crippen LogP contribution < -0.4 is 5.32 Å². The number of aromatic nitrogens is 4. The van der Waals surface area contributed by atoms with Crippen molar-refractivity contribution in [1.82, 2.24) is 24.2 Å². The maximum absolute atomic E-state index is 13.3. The Bertz CT molecular complexity index is 1400. The predicted octanol–water partition coefficient (Wildman–Crippen LogP) is 5.64. The summed E-state index contributed by atoms with van der Waals surface area (Å²) in [4.78, 5) is 32.5. The van der Waals surface area contributed by atoms with Gasteiger partial charge in [-0.25, -0.2) is 4.98 Å². The van der Waals surface area contributed by atoms with Crippen LogP contribution in [-0.2, 0) is 18.3 Å². The minimum atomic E-state index is -0.216. The van der Waals surface area contributed by atoms with Crippen LogP contribution in [0.15, 0.2) is 73.2 Å². The lowest BCUT2D eigenvalue weighted by Gasteiger charge is -2.26. The van der Waals surface area contributed by atoms with E-state index in [9.17, 15) is 9.59 Å². The molecule has 8 nitrogen and oxygen atoms in total. The third-order valence-corrected chi connectivity index (χ3v) is 7.21. The number of hydrogen-bond donors (Lipinski definition) is 1. The first kappa shape index (κ1) is 26.4. The fourth-order valence-electron chi connectivity index (χ4n) is 5.07. The maximum Gasteiger partial charge on any atom is 0.258 e. The number of amides is 2. The van der Waals surface area contributed by atoms with Gasteiger partial charge in [0.15, 0.2) is 0 Å². The maximum atomic E-state index is 13.3. The van der Waals surface area contributed by atoms with Crippen LogP contribution in [0, 0.1) is 0 Å². The largest absolute Gasteiger partial charge is 0.343 e. The van der Waals surface area contributed by atoms with Gasteiger partial charge in [0.2, 0.25) is 11.9 Å². The zero-order valence-corrected chi connectivity index (χ0v) is 22.6. The highest BCUT2D eigenvalue weighted by molar-refractivity contribution is 6.04. The number of unbranched alkanes of at least 4 members (excludes halogenated alkanes) is 2. The number of carbonyl (C=O) groups is 2. The fraction of sp³-hybridized carbons (Fsp3) is 0.355. The Kier molecular flexibility index (Phi) is 8.51. The third kappa shape index (κ3) is 6.82. The number of para-hydroxylation sites is 1. The van der Waals surface area contributed by atoms with E-state index in [1.165, 1.54) is 6.42 Å². The van der Waals surface area contributed by atoms with Crippen LogP contribution in [0.25, 0.3) is 16.8 Å². The number of likely N-dealkylation sites (tertiary alicyclic amines) is 1. The SMILES string of the molecule is Cn1cc(-c2cccc(C(=O)Nc3nc(CCCCCC(=O)N4CCCCC4)cn3-c3ccccc3)c2)cn1. The van der Waals surface area contributed by atoms with Gasteiger partial charge in [-0.15, -0.1) is 0 Å². The Morgan fingerprint density at radius 1 is 0.897 bits per heavy atom. The Labute approximate surface area is 229 Å². The van der Waals surface area contributed by atoms with Crippen molar-refractivity contribution in [2.24, 2.45) is 7.05 Å². The summed E-state index contributed by atoms with van der Waals surface area (Å²) in [5.41, 5.74) is 4.29. The molecule has 8 heteroatoms. The van der Waals surface area contributed by atoms with Crippen LogP contribution in [0.5, 0.6) is 0 Å². The average molecular weight is 525 g/mol. The highest BCUT2D eigenvalue weighted by Gasteiger charge is 2.17. The summed E-state index contributed by atoms with van der Waals surface area (Å²) < 4.78 is 3.67. The molecule has 0 aliphatic carbocycles. The summed E-state index contributed by atoms with van der Waals surface area (Å²) in [6, 6.07) is 17.4. The fourth-order valence-corrected chi connectivity index (χ4v) is 5.07. The number of imidazole rings is 1.